The van der Waals surface area contributed by atoms with Crippen molar-refractivity contribution < 1.29 is 9.90 Å². The number of nitrogens with one attached hydrogen (secondary N) is 1. The number of benzene rings is 1. The number of aromatic nitrogens is 2. The lowest BCUT2D eigenvalue weighted by Crippen LogP contribution is -2.23. The highest BCUT2D eigenvalue weighted by atomic mass is 16.4. The van der Waals surface area contributed by atoms with Gasteiger partial charge in [-0.1, -0.05) is 32.1 Å². The van der Waals surface area contributed by atoms with Gasteiger partial charge in [0.15, 0.2) is 0 Å². The van der Waals surface area contributed by atoms with Crippen molar-refractivity contribution in [2.24, 2.45) is 0 Å². The van der Waals surface area contributed by atoms with Gasteiger partial charge in [0.05, 0.1) is 16.6 Å². The van der Waals surface area contributed by atoms with E-state index in [4.69, 9.17) is 5.11 Å². The van der Waals surface area contributed by atoms with Gasteiger partial charge >= 0.3 is 11.7 Å². The third-order valence-electron chi connectivity index (χ3n) is 4.40. The molecule has 1 aliphatic carbocycles. The molecule has 112 valence electrons. The van der Waals surface area contributed by atoms with E-state index in [0.717, 1.165) is 25.7 Å². The molecule has 0 unspecified atom stereocenters. The number of carbonyl (C=O) groups is 1. The molecule has 0 amide bonds. The first-order chi connectivity index (χ1) is 10.2. The molecule has 3 rings (SSSR count). The maximum Gasteiger partial charge on any atom is 0.335 e. The van der Waals surface area contributed by atoms with Crippen LogP contribution in [0.15, 0.2) is 23.0 Å². The van der Waals surface area contributed by atoms with Crippen LogP contribution >= 0.6 is 0 Å². The summed E-state index contributed by atoms with van der Waals surface area (Å²) in [5.41, 5.74) is 1.52. The fourth-order valence-electron chi connectivity index (χ4n) is 3.31. The van der Waals surface area contributed by atoms with Crippen LogP contribution in [0.4, 0.5) is 0 Å². The molecule has 0 saturated heterocycles. The minimum atomic E-state index is -0.963. The Bertz CT molecular complexity index is 706. The van der Waals surface area contributed by atoms with Crippen molar-refractivity contribution >= 4 is 17.0 Å². The van der Waals surface area contributed by atoms with E-state index in [1.54, 1.807) is 16.7 Å². The zero-order valence-corrected chi connectivity index (χ0v) is 12.0. The third-order valence-corrected chi connectivity index (χ3v) is 4.40. The van der Waals surface area contributed by atoms with E-state index in [9.17, 15) is 9.59 Å². The zero-order chi connectivity index (χ0) is 14.8. The second kappa shape index (κ2) is 5.76. The van der Waals surface area contributed by atoms with Crippen molar-refractivity contribution in [3.63, 3.8) is 0 Å². The molecule has 0 radical (unpaired) electrons. The zero-order valence-electron chi connectivity index (χ0n) is 12.0. The lowest BCUT2D eigenvalue weighted by molar-refractivity contribution is 0.0697. The van der Waals surface area contributed by atoms with E-state index in [-0.39, 0.29) is 17.3 Å². The van der Waals surface area contributed by atoms with Crippen LogP contribution in [0.3, 0.4) is 0 Å². The predicted molar refractivity (Wildman–Crippen MR) is 80.9 cm³/mol. The molecule has 0 bridgehead atoms. The molecular formula is C16H20N2O3. The molecule has 5 heteroatoms. The van der Waals surface area contributed by atoms with Crippen LogP contribution in [0, 0.1) is 0 Å². The summed E-state index contributed by atoms with van der Waals surface area (Å²) in [6.45, 7) is 0. The maximum absolute atomic E-state index is 12.3. The topological polar surface area (TPSA) is 75.1 Å². The first kappa shape index (κ1) is 13.9. The van der Waals surface area contributed by atoms with Gasteiger partial charge in [0.25, 0.3) is 0 Å². The number of imidazole rings is 1. The van der Waals surface area contributed by atoms with Crippen molar-refractivity contribution in [2.75, 3.05) is 0 Å². The Labute approximate surface area is 122 Å². The summed E-state index contributed by atoms with van der Waals surface area (Å²) in [6.07, 6.45) is 7.94. The SMILES string of the molecule is O=C(O)c1ccc2[nH]c(=O)n(C3CCCCCCC3)c2c1. The first-order valence-corrected chi connectivity index (χ1v) is 7.64. The quantitative estimate of drug-likeness (QED) is 0.890. The van der Waals surface area contributed by atoms with E-state index in [1.807, 2.05) is 0 Å². The van der Waals surface area contributed by atoms with Gasteiger partial charge in [0.1, 0.15) is 0 Å². The standard InChI is InChI=1S/C16H20N2O3/c19-15(20)11-8-9-13-14(10-11)18(16(21)17-13)12-6-4-2-1-3-5-7-12/h8-10,12H,1-7H2,(H,17,21)(H,19,20). The van der Waals surface area contributed by atoms with E-state index in [0.29, 0.717) is 11.0 Å². The van der Waals surface area contributed by atoms with E-state index in [2.05, 4.69) is 4.98 Å². The highest BCUT2D eigenvalue weighted by Crippen LogP contribution is 2.28. The monoisotopic (exact) mass is 288 g/mol. The number of fused-ring (bicyclic) bond motifs is 1. The molecule has 5 nitrogen and oxygen atoms in total. The van der Waals surface area contributed by atoms with Crippen molar-refractivity contribution in [1.29, 1.82) is 0 Å². The lowest BCUT2D eigenvalue weighted by Gasteiger charge is -2.21. The fourth-order valence-corrected chi connectivity index (χ4v) is 3.31. The molecule has 0 atom stereocenters. The average molecular weight is 288 g/mol. The van der Waals surface area contributed by atoms with E-state index in [1.165, 1.54) is 25.3 Å². The molecule has 1 aromatic carbocycles. The highest BCUT2D eigenvalue weighted by Gasteiger charge is 2.19. The normalized spacial score (nSPS) is 17.5. The Balaban J connectivity index is 2.06. The molecule has 0 spiro atoms. The molecule has 2 aromatic rings. The van der Waals surface area contributed by atoms with Crippen molar-refractivity contribution in [3.8, 4) is 0 Å². The van der Waals surface area contributed by atoms with Crippen molar-refractivity contribution in [2.45, 2.75) is 51.0 Å². The first-order valence-electron chi connectivity index (χ1n) is 7.64. The highest BCUT2D eigenvalue weighted by molar-refractivity contribution is 5.92. The maximum atomic E-state index is 12.3. The molecule has 2 N–H and O–H groups in total. The van der Waals surface area contributed by atoms with Crippen LogP contribution in [0.5, 0.6) is 0 Å². The van der Waals surface area contributed by atoms with Crippen molar-refractivity contribution in [1.82, 2.24) is 9.55 Å². The fraction of sp³-hybridized carbons (Fsp3) is 0.500. The number of aromatic amines is 1. The Morgan fingerprint density at radius 1 is 1.14 bits per heavy atom. The summed E-state index contributed by atoms with van der Waals surface area (Å²) >= 11 is 0. The summed E-state index contributed by atoms with van der Waals surface area (Å²) in [4.78, 5) is 26.3. The number of hydrogen-bond donors (Lipinski definition) is 2. The number of H-pyrrole nitrogens is 1. The van der Waals surface area contributed by atoms with Gasteiger partial charge in [0, 0.05) is 6.04 Å². The number of rotatable bonds is 2. The number of carboxylic acids is 1. The van der Waals surface area contributed by atoms with Crippen LogP contribution in [-0.4, -0.2) is 20.6 Å². The van der Waals surface area contributed by atoms with Gasteiger partial charge in [-0.15, -0.1) is 0 Å². The lowest BCUT2D eigenvalue weighted by atomic mass is 9.96. The van der Waals surface area contributed by atoms with E-state index < -0.39 is 5.97 Å². The minimum Gasteiger partial charge on any atom is -0.478 e. The summed E-state index contributed by atoms with van der Waals surface area (Å²) in [5.74, 6) is -0.963. The Morgan fingerprint density at radius 3 is 2.48 bits per heavy atom. The summed E-state index contributed by atoms with van der Waals surface area (Å²) in [6, 6.07) is 4.99. The summed E-state index contributed by atoms with van der Waals surface area (Å²) in [5, 5.41) is 9.14. The van der Waals surface area contributed by atoms with Gasteiger partial charge in [-0.25, -0.2) is 9.59 Å². The summed E-state index contributed by atoms with van der Waals surface area (Å²) < 4.78 is 1.77. The molecular weight excluding hydrogens is 268 g/mol. The predicted octanol–water partition coefficient (Wildman–Crippen LogP) is 3.31. The second-order valence-corrected chi connectivity index (χ2v) is 5.84. The van der Waals surface area contributed by atoms with E-state index >= 15 is 0 Å². The van der Waals surface area contributed by atoms with Crippen LogP contribution in [0.2, 0.25) is 0 Å². The van der Waals surface area contributed by atoms with Gasteiger partial charge in [0.2, 0.25) is 0 Å². The number of nitrogens with zero attached hydrogens (tertiary/aromatic N) is 1. The number of hydrogen-bond acceptors (Lipinski definition) is 2. The van der Waals surface area contributed by atoms with Crippen LogP contribution in [0.25, 0.3) is 11.0 Å². The molecule has 1 heterocycles. The third kappa shape index (κ3) is 2.73. The Hall–Kier alpha value is -2.04. The van der Waals surface area contributed by atoms with Crippen LogP contribution in [-0.2, 0) is 0 Å². The molecule has 0 aliphatic heterocycles. The van der Waals surface area contributed by atoms with Gasteiger partial charge < -0.3 is 10.1 Å². The van der Waals surface area contributed by atoms with Crippen molar-refractivity contribution in [3.05, 3.63) is 34.2 Å². The Morgan fingerprint density at radius 2 is 1.81 bits per heavy atom. The Kier molecular flexibility index (Phi) is 3.82. The number of aromatic carboxylic acids is 1. The average Bonchev–Trinajstić information content (AvgIpc) is 2.74. The van der Waals surface area contributed by atoms with Gasteiger partial charge in [-0.2, -0.15) is 0 Å². The smallest absolute Gasteiger partial charge is 0.335 e. The number of carboxylic acid groups (broad SMARTS) is 1. The largest absolute Gasteiger partial charge is 0.478 e. The molecule has 1 aliphatic rings. The molecule has 1 saturated carbocycles. The molecule has 21 heavy (non-hydrogen) atoms. The van der Waals surface area contributed by atoms with Crippen LogP contribution < -0.4 is 5.69 Å². The minimum absolute atomic E-state index is 0.127. The van der Waals surface area contributed by atoms with Crippen LogP contribution in [0.1, 0.15) is 61.3 Å². The second-order valence-electron chi connectivity index (χ2n) is 5.84. The van der Waals surface area contributed by atoms with Gasteiger partial charge in [-0.3, -0.25) is 4.57 Å². The van der Waals surface area contributed by atoms with Gasteiger partial charge in [-0.05, 0) is 31.0 Å². The molecule has 1 fully saturated rings. The summed E-state index contributed by atoms with van der Waals surface area (Å²) in [7, 11) is 0. The molecule has 1 aromatic heterocycles.